The van der Waals surface area contributed by atoms with E-state index in [1.54, 1.807) is 11.1 Å². The van der Waals surface area contributed by atoms with Crippen molar-refractivity contribution in [2.75, 3.05) is 4.90 Å². The Morgan fingerprint density at radius 2 is 1.22 bits per heavy atom. The fourth-order valence-electron chi connectivity index (χ4n) is 11.5. The number of anilines is 3. The summed E-state index contributed by atoms with van der Waals surface area (Å²) in [6.45, 7) is 0. The Hall–Kier alpha value is -5.18. The average molecular weight is 672 g/mol. The number of hydrogen-bond acceptors (Lipinski definition) is 2. The molecule has 0 aliphatic heterocycles. The Morgan fingerprint density at radius 3 is 2.14 bits per heavy atom. The van der Waals surface area contributed by atoms with Crippen LogP contribution in [0, 0.1) is 17.3 Å². The largest absolute Gasteiger partial charge is 0.310 e. The Bertz CT molecular complexity index is 2700. The van der Waals surface area contributed by atoms with Gasteiger partial charge in [-0.2, -0.15) is 0 Å². The first kappa shape index (κ1) is 28.5. The van der Waals surface area contributed by atoms with Crippen molar-refractivity contribution in [3.63, 3.8) is 0 Å². The van der Waals surface area contributed by atoms with E-state index in [-0.39, 0.29) is 0 Å². The molecule has 7 aromatic carbocycles. The number of rotatable bonds is 4. The Labute approximate surface area is 302 Å². The van der Waals surface area contributed by atoms with Gasteiger partial charge < -0.3 is 4.90 Å². The first-order valence-electron chi connectivity index (χ1n) is 18.8. The van der Waals surface area contributed by atoms with Crippen molar-refractivity contribution in [2.45, 2.75) is 37.5 Å². The number of fused-ring (bicyclic) bond motifs is 10. The van der Waals surface area contributed by atoms with E-state index >= 15 is 0 Å². The van der Waals surface area contributed by atoms with Gasteiger partial charge >= 0.3 is 0 Å². The highest BCUT2D eigenvalue weighted by atomic mass is 32.1. The minimum absolute atomic E-state index is 0.490. The maximum atomic E-state index is 2.49. The Balaban J connectivity index is 1.01. The molecule has 2 heteroatoms. The summed E-state index contributed by atoms with van der Waals surface area (Å²) < 4.78 is 2.65. The van der Waals surface area contributed by atoms with Gasteiger partial charge in [0, 0.05) is 37.2 Å². The fraction of sp³-hybridized carbons (Fsp3) is 0.184. The predicted octanol–water partition coefficient (Wildman–Crippen LogP) is 14.0. The van der Waals surface area contributed by atoms with Crippen molar-refractivity contribution < 1.29 is 0 Å². The van der Waals surface area contributed by atoms with Crippen LogP contribution < -0.4 is 4.90 Å². The molecule has 51 heavy (non-hydrogen) atoms. The molecule has 12 rings (SSSR count). The molecule has 0 radical (unpaired) electrons. The van der Waals surface area contributed by atoms with Gasteiger partial charge in [-0.05, 0) is 141 Å². The third-order valence-electron chi connectivity index (χ3n) is 13.5. The summed E-state index contributed by atoms with van der Waals surface area (Å²) in [6, 6.07) is 57.4. The van der Waals surface area contributed by atoms with Crippen molar-refractivity contribution in [3.05, 3.63) is 163 Å². The molecule has 3 saturated carbocycles. The second kappa shape index (κ2) is 10.4. The Kier molecular flexibility index (Phi) is 5.83. The topological polar surface area (TPSA) is 3.24 Å². The predicted molar refractivity (Wildman–Crippen MR) is 216 cm³/mol. The zero-order valence-electron chi connectivity index (χ0n) is 28.4. The first-order valence-corrected chi connectivity index (χ1v) is 19.6. The van der Waals surface area contributed by atoms with Crippen LogP contribution in [0.3, 0.4) is 0 Å². The molecule has 1 heterocycles. The van der Waals surface area contributed by atoms with Gasteiger partial charge in [0.15, 0.2) is 0 Å². The molecule has 4 aliphatic rings. The van der Waals surface area contributed by atoms with Crippen molar-refractivity contribution >= 4 is 59.3 Å². The highest BCUT2D eigenvalue weighted by Crippen LogP contribution is 2.79. The lowest BCUT2D eigenvalue weighted by molar-refractivity contribution is -0.000468. The van der Waals surface area contributed by atoms with Crippen LogP contribution in [-0.2, 0) is 0 Å². The van der Waals surface area contributed by atoms with Crippen LogP contribution in [0.25, 0.3) is 53.2 Å². The maximum Gasteiger partial charge on any atom is 0.0476 e. The molecule has 0 saturated heterocycles. The normalized spacial score (nSPS) is 23.8. The molecule has 5 unspecified atom stereocenters. The van der Waals surface area contributed by atoms with Crippen molar-refractivity contribution in [1.82, 2.24) is 0 Å². The SMILES string of the molecule is c1ccc2c(c1)-c1c(-c3ccc(N(c4ccc5ccccc5c4)c4ccc5c(c4)sc4ccccc45)cc3)cccc1C1CC3CC4CC2C31C4. The van der Waals surface area contributed by atoms with Gasteiger partial charge in [-0.25, -0.2) is 0 Å². The molecule has 1 nitrogen and oxygen atoms in total. The second-order valence-electron chi connectivity index (χ2n) is 15.7. The Morgan fingerprint density at radius 1 is 0.510 bits per heavy atom. The second-order valence-corrected chi connectivity index (χ2v) is 16.8. The molecule has 4 aliphatic carbocycles. The van der Waals surface area contributed by atoms with Crippen LogP contribution in [0.1, 0.15) is 48.6 Å². The van der Waals surface area contributed by atoms with Gasteiger partial charge in [-0.15, -0.1) is 11.3 Å². The van der Waals surface area contributed by atoms with E-state index in [1.807, 2.05) is 11.3 Å². The summed E-state index contributed by atoms with van der Waals surface area (Å²) in [6.07, 6.45) is 5.67. The summed E-state index contributed by atoms with van der Waals surface area (Å²) in [5.41, 5.74) is 12.9. The van der Waals surface area contributed by atoms with Crippen molar-refractivity contribution in [3.8, 4) is 22.3 Å². The van der Waals surface area contributed by atoms with Gasteiger partial charge in [0.1, 0.15) is 0 Å². The van der Waals surface area contributed by atoms with Gasteiger partial charge in [0.25, 0.3) is 0 Å². The summed E-state index contributed by atoms with van der Waals surface area (Å²) in [7, 11) is 0. The van der Waals surface area contributed by atoms with Crippen LogP contribution in [0.15, 0.2) is 152 Å². The standard InChI is InChI=1S/C49H37NS/c1-2-9-33-26-36(21-16-31(33)8-1)50(37-22-23-41-40-11-5-6-15-46(40)51-47(41)28-37)35-19-17-32(18-20-35)38-13-7-14-43-45-27-34-24-30-25-44(49(34,45)29-30)39-10-3-4-12-42(39)48(38)43/h1-23,26,28,30,34,44-45H,24-25,27,29H2. The molecule has 0 N–H and O–H groups in total. The van der Waals surface area contributed by atoms with Crippen LogP contribution in [0.4, 0.5) is 17.1 Å². The molecule has 1 spiro atoms. The summed E-state index contributed by atoms with van der Waals surface area (Å²) in [5, 5.41) is 5.17. The zero-order chi connectivity index (χ0) is 33.3. The van der Waals surface area contributed by atoms with E-state index in [0.717, 1.165) is 11.8 Å². The minimum atomic E-state index is 0.490. The molecule has 1 aromatic heterocycles. The van der Waals surface area contributed by atoms with Gasteiger partial charge in [0.05, 0.1) is 0 Å². The van der Waals surface area contributed by atoms with Gasteiger partial charge in [-0.1, -0.05) is 109 Å². The third kappa shape index (κ3) is 3.92. The fourth-order valence-corrected chi connectivity index (χ4v) is 12.7. The van der Waals surface area contributed by atoms with E-state index in [1.165, 1.54) is 95.9 Å². The molecule has 0 amide bonds. The highest BCUT2D eigenvalue weighted by Gasteiger charge is 2.68. The third-order valence-corrected chi connectivity index (χ3v) is 14.7. The quantitative estimate of drug-likeness (QED) is 0.180. The summed E-state index contributed by atoms with van der Waals surface area (Å²) >= 11 is 1.88. The smallest absolute Gasteiger partial charge is 0.0476 e. The van der Waals surface area contributed by atoms with Crippen LogP contribution >= 0.6 is 11.3 Å². The lowest BCUT2D eigenvalue weighted by atomic mass is 9.47. The molecule has 5 atom stereocenters. The number of hydrogen-bond donors (Lipinski definition) is 0. The molecule has 8 aromatic rings. The number of thiophene rings is 1. The van der Waals surface area contributed by atoms with Gasteiger partial charge in [-0.3, -0.25) is 0 Å². The molecular weight excluding hydrogens is 635 g/mol. The van der Waals surface area contributed by atoms with Crippen LogP contribution in [0.2, 0.25) is 0 Å². The van der Waals surface area contributed by atoms with Crippen LogP contribution in [-0.4, -0.2) is 0 Å². The highest BCUT2D eigenvalue weighted by molar-refractivity contribution is 7.25. The average Bonchev–Trinajstić information content (AvgIpc) is 3.82. The van der Waals surface area contributed by atoms with Crippen molar-refractivity contribution in [2.24, 2.45) is 17.3 Å². The maximum absolute atomic E-state index is 2.49. The monoisotopic (exact) mass is 671 g/mol. The van der Waals surface area contributed by atoms with Crippen molar-refractivity contribution in [1.29, 1.82) is 0 Å². The van der Waals surface area contributed by atoms with E-state index < -0.39 is 0 Å². The number of nitrogens with zero attached hydrogens (tertiary/aromatic N) is 1. The van der Waals surface area contributed by atoms with Gasteiger partial charge in [0.2, 0.25) is 0 Å². The zero-order valence-corrected chi connectivity index (χ0v) is 29.2. The minimum Gasteiger partial charge on any atom is -0.310 e. The van der Waals surface area contributed by atoms with E-state index in [2.05, 4.69) is 157 Å². The van der Waals surface area contributed by atoms with E-state index in [0.29, 0.717) is 17.3 Å². The lowest BCUT2D eigenvalue weighted by Gasteiger charge is -2.56. The van der Waals surface area contributed by atoms with Crippen LogP contribution in [0.5, 0.6) is 0 Å². The van der Waals surface area contributed by atoms with E-state index in [9.17, 15) is 0 Å². The molecule has 3 fully saturated rings. The summed E-state index contributed by atoms with van der Waals surface area (Å²) in [5.74, 6) is 3.25. The van der Waals surface area contributed by atoms with E-state index in [4.69, 9.17) is 0 Å². The molecule has 2 bridgehead atoms. The summed E-state index contributed by atoms with van der Waals surface area (Å²) in [4.78, 5) is 2.44. The molecular formula is C49H37NS. The number of benzene rings is 7. The lowest BCUT2D eigenvalue weighted by Crippen LogP contribution is -2.47. The first-order chi connectivity index (χ1) is 25.2. The molecule has 244 valence electrons.